The minimum absolute atomic E-state index is 0.0254. The van der Waals surface area contributed by atoms with E-state index in [0.29, 0.717) is 6.42 Å². The summed E-state index contributed by atoms with van der Waals surface area (Å²) in [6, 6.07) is 20.5. The van der Waals surface area contributed by atoms with Gasteiger partial charge in [0, 0.05) is 12.1 Å². The Hall–Kier alpha value is -2.31. The van der Waals surface area contributed by atoms with Gasteiger partial charge in [0.1, 0.15) is 5.75 Å². The van der Waals surface area contributed by atoms with Gasteiger partial charge in [0.25, 0.3) is 0 Å². The zero-order valence-corrected chi connectivity index (χ0v) is 12.4. The Bertz CT molecular complexity index is 604. The first kappa shape index (κ1) is 15.1. The molecule has 3 nitrogen and oxygen atoms in total. The lowest BCUT2D eigenvalue weighted by molar-refractivity contribution is 0.412. The second-order valence-electron chi connectivity index (χ2n) is 4.99. The molecule has 0 saturated carbocycles. The molecule has 108 valence electrons. The van der Waals surface area contributed by atoms with Crippen LogP contribution in [0.1, 0.15) is 36.6 Å². The van der Waals surface area contributed by atoms with Crippen LogP contribution in [-0.4, -0.2) is 7.11 Å². The largest absolute Gasteiger partial charge is 0.497 e. The van der Waals surface area contributed by atoms with E-state index in [0.717, 1.165) is 16.9 Å². The Morgan fingerprint density at radius 1 is 1.10 bits per heavy atom. The average Bonchev–Trinajstić information content (AvgIpc) is 2.55. The molecule has 3 heteroatoms. The van der Waals surface area contributed by atoms with E-state index in [1.165, 1.54) is 0 Å². The Kier molecular flexibility index (Phi) is 5.36. The minimum Gasteiger partial charge on any atom is -0.497 e. The van der Waals surface area contributed by atoms with Gasteiger partial charge in [-0.25, -0.2) is 0 Å². The summed E-state index contributed by atoms with van der Waals surface area (Å²) in [6.07, 6.45) is 0.443. The van der Waals surface area contributed by atoms with Crippen LogP contribution in [0.3, 0.4) is 0 Å². The molecule has 2 atom stereocenters. The molecule has 0 spiro atoms. The maximum atomic E-state index is 9.05. The fraction of sp³-hybridized carbons (Fsp3) is 0.278. The normalized spacial score (nSPS) is 13.2. The van der Waals surface area contributed by atoms with Crippen LogP contribution in [0.4, 0.5) is 0 Å². The molecular weight excluding hydrogens is 260 g/mol. The van der Waals surface area contributed by atoms with Crippen LogP contribution in [-0.2, 0) is 0 Å². The van der Waals surface area contributed by atoms with Gasteiger partial charge in [-0.3, -0.25) is 0 Å². The molecule has 2 rings (SSSR count). The van der Waals surface area contributed by atoms with Crippen LogP contribution in [0.25, 0.3) is 0 Å². The molecule has 2 aromatic rings. The van der Waals surface area contributed by atoms with Crippen LogP contribution in [0.15, 0.2) is 54.6 Å². The Labute approximate surface area is 126 Å². The second-order valence-corrected chi connectivity index (χ2v) is 4.99. The molecule has 1 N–H and O–H groups in total. The molecule has 0 radical (unpaired) electrons. The number of nitrogens with one attached hydrogen (secondary N) is 1. The first-order chi connectivity index (χ1) is 10.2. The van der Waals surface area contributed by atoms with Gasteiger partial charge >= 0.3 is 0 Å². The standard InChI is InChI=1S/C18H20N2O/c1-14(16-9-6-10-17(13-16)21-2)20-18(11-12-19)15-7-4-3-5-8-15/h3-10,13-14,18,20H,11H2,1-2H3/t14-,18?/m0/s1. The molecule has 0 fully saturated rings. The minimum atomic E-state index is 0.0254. The maximum absolute atomic E-state index is 9.05. The lowest BCUT2D eigenvalue weighted by Crippen LogP contribution is -2.24. The number of ether oxygens (including phenoxy) is 1. The predicted octanol–water partition coefficient (Wildman–Crippen LogP) is 4.00. The highest BCUT2D eigenvalue weighted by molar-refractivity contribution is 5.30. The maximum Gasteiger partial charge on any atom is 0.119 e. The van der Waals surface area contributed by atoms with E-state index >= 15 is 0 Å². The molecule has 0 aliphatic rings. The zero-order valence-electron chi connectivity index (χ0n) is 12.4. The van der Waals surface area contributed by atoms with Crippen molar-refractivity contribution in [3.8, 4) is 11.8 Å². The third kappa shape index (κ3) is 4.08. The van der Waals surface area contributed by atoms with Crippen LogP contribution >= 0.6 is 0 Å². The average molecular weight is 280 g/mol. The van der Waals surface area contributed by atoms with Gasteiger partial charge in [-0.1, -0.05) is 42.5 Å². The summed E-state index contributed by atoms with van der Waals surface area (Å²) in [5.74, 6) is 0.845. The van der Waals surface area contributed by atoms with E-state index in [1.807, 2.05) is 48.5 Å². The molecular formula is C18H20N2O. The fourth-order valence-corrected chi connectivity index (χ4v) is 2.36. The summed E-state index contributed by atoms with van der Waals surface area (Å²) in [7, 11) is 1.67. The number of nitrogens with zero attached hydrogens (tertiary/aromatic N) is 1. The molecule has 0 aromatic heterocycles. The second kappa shape index (κ2) is 7.47. The zero-order chi connectivity index (χ0) is 15.1. The van der Waals surface area contributed by atoms with Crippen LogP contribution < -0.4 is 10.1 Å². The van der Waals surface area contributed by atoms with Gasteiger partial charge in [0.15, 0.2) is 0 Å². The highest BCUT2D eigenvalue weighted by Crippen LogP contribution is 2.24. The third-order valence-electron chi connectivity index (χ3n) is 3.54. The Morgan fingerprint density at radius 3 is 2.48 bits per heavy atom. The third-order valence-corrected chi connectivity index (χ3v) is 3.54. The molecule has 21 heavy (non-hydrogen) atoms. The van der Waals surface area contributed by atoms with Crippen molar-refractivity contribution in [2.75, 3.05) is 7.11 Å². The van der Waals surface area contributed by atoms with Crippen molar-refractivity contribution in [2.24, 2.45) is 0 Å². The molecule has 1 unspecified atom stereocenters. The van der Waals surface area contributed by atoms with Crippen molar-refractivity contribution < 1.29 is 4.74 Å². The quantitative estimate of drug-likeness (QED) is 0.869. The van der Waals surface area contributed by atoms with Gasteiger partial charge in [-0.15, -0.1) is 0 Å². The van der Waals surface area contributed by atoms with Crippen molar-refractivity contribution in [3.05, 3.63) is 65.7 Å². The van der Waals surface area contributed by atoms with Crippen LogP contribution in [0, 0.1) is 11.3 Å². The summed E-state index contributed by atoms with van der Waals surface area (Å²) in [5, 5.41) is 12.6. The molecule has 0 aliphatic heterocycles. The van der Waals surface area contributed by atoms with E-state index in [4.69, 9.17) is 10.00 Å². The summed E-state index contributed by atoms with van der Waals surface area (Å²) < 4.78 is 5.26. The number of benzene rings is 2. The van der Waals surface area contributed by atoms with Crippen LogP contribution in [0.5, 0.6) is 5.75 Å². The summed E-state index contributed by atoms with van der Waals surface area (Å²) in [4.78, 5) is 0. The predicted molar refractivity (Wildman–Crippen MR) is 84.0 cm³/mol. The Morgan fingerprint density at radius 2 is 1.81 bits per heavy atom. The molecule has 0 aliphatic carbocycles. The number of methoxy groups -OCH3 is 1. The van der Waals surface area contributed by atoms with Gasteiger partial charge in [0.05, 0.1) is 19.6 Å². The summed E-state index contributed by atoms with van der Waals surface area (Å²) in [5.41, 5.74) is 2.28. The first-order valence-electron chi connectivity index (χ1n) is 7.06. The number of nitriles is 1. The number of rotatable bonds is 6. The van der Waals surface area contributed by atoms with E-state index in [9.17, 15) is 0 Å². The molecule has 0 amide bonds. The lowest BCUT2D eigenvalue weighted by Gasteiger charge is -2.22. The lowest BCUT2D eigenvalue weighted by atomic mass is 10.0. The van der Waals surface area contributed by atoms with E-state index < -0.39 is 0 Å². The molecule has 0 saturated heterocycles. The van der Waals surface area contributed by atoms with Gasteiger partial charge in [0.2, 0.25) is 0 Å². The molecule has 2 aromatic carbocycles. The van der Waals surface area contributed by atoms with Crippen LogP contribution in [0.2, 0.25) is 0 Å². The molecule has 0 heterocycles. The smallest absolute Gasteiger partial charge is 0.119 e. The van der Waals surface area contributed by atoms with Crippen molar-refractivity contribution in [1.82, 2.24) is 5.32 Å². The summed E-state index contributed by atoms with van der Waals surface area (Å²) in [6.45, 7) is 2.10. The van der Waals surface area contributed by atoms with Crippen molar-refractivity contribution in [3.63, 3.8) is 0 Å². The van der Waals surface area contributed by atoms with E-state index in [-0.39, 0.29) is 12.1 Å². The van der Waals surface area contributed by atoms with E-state index in [2.05, 4.69) is 24.4 Å². The monoisotopic (exact) mass is 280 g/mol. The van der Waals surface area contributed by atoms with Gasteiger partial charge in [-0.05, 0) is 30.2 Å². The highest BCUT2D eigenvalue weighted by Gasteiger charge is 2.15. The van der Waals surface area contributed by atoms with Gasteiger partial charge in [-0.2, -0.15) is 5.26 Å². The van der Waals surface area contributed by atoms with Crippen molar-refractivity contribution in [1.29, 1.82) is 5.26 Å². The SMILES string of the molecule is COc1cccc([C@H](C)NC(CC#N)c2ccccc2)c1. The van der Waals surface area contributed by atoms with Gasteiger partial charge < -0.3 is 10.1 Å². The highest BCUT2D eigenvalue weighted by atomic mass is 16.5. The number of hydrogen-bond acceptors (Lipinski definition) is 3. The molecule has 0 bridgehead atoms. The topological polar surface area (TPSA) is 45.0 Å². The van der Waals surface area contributed by atoms with Crippen molar-refractivity contribution in [2.45, 2.75) is 25.4 Å². The first-order valence-corrected chi connectivity index (χ1v) is 7.06. The fourth-order valence-electron chi connectivity index (χ4n) is 2.36. The summed E-state index contributed by atoms with van der Waals surface area (Å²) >= 11 is 0. The Balaban J connectivity index is 2.14. The van der Waals surface area contributed by atoms with E-state index in [1.54, 1.807) is 7.11 Å². The number of hydrogen-bond donors (Lipinski definition) is 1. The van der Waals surface area contributed by atoms with Crippen molar-refractivity contribution >= 4 is 0 Å².